The van der Waals surface area contributed by atoms with Gasteiger partial charge in [0.1, 0.15) is 21.7 Å². The molecule has 3 aromatic carbocycles. The van der Waals surface area contributed by atoms with Crippen molar-refractivity contribution in [3.63, 3.8) is 0 Å². The van der Waals surface area contributed by atoms with Crippen LogP contribution in [0.4, 0.5) is 25.8 Å². The van der Waals surface area contributed by atoms with Crippen LogP contribution in [0.15, 0.2) is 48.5 Å². The lowest BCUT2D eigenvalue weighted by Gasteiger charge is -2.34. The van der Waals surface area contributed by atoms with E-state index in [1.54, 1.807) is 17.0 Å². The Hall–Kier alpha value is -3.34. The summed E-state index contributed by atoms with van der Waals surface area (Å²) < 4.78 is 31.9. The van der Waals surface area contributed by atoms with E-state index in [2.05, 4.69) is 5.32 Å². The lowest BCUT2D eigenvalue weighted by atomic mass is 9.76. The molecule has 2 aliphatic heterocycles. The zero-order valence-electron chi connectivity index (χ0n) is 22.4. The van der Waals surface area contributed by atoms with E-state index in [0.717, 1.165) is 32.2 Å². The van der Waals surface area contributed by atoms with Gasteiger partial charge in [-0.25, -0.2) is 8.78 Å². The second-order valence-electron chi connectivity index (χ2n) is 11.4. The van der Waals surface area contributed by atoms with Crippen LogP contribution in [0.3, 0.4) is 0 Å². The maximum absolute atomic E-state index is 16.0. The molecule has 0 radical (unpaired) electrons. The van der Waals surface area contributed by atoms with Gasteiger partial charge in [-0.3, -0.25) is 20.2 Å². The minimum Gasteiger partial charge on any atom is -0.357 e. The normalized spacial score (nSPS) is 25.4. The third-order valence-corrected chi connectivity index (χ3v) is 9.80. The third kappa shape index (κ3) is 5.09. The molecule has 6 rings (SSSR count). The molecule has 220 valence electrons. The van der Waals surface area contributed by atoms with Crippen molar-refractivity contribution in [1.82, 2.24) is 5.32 Å². The Morgan fingerprint density at radius 1 is 0.786 bits per heavy atom. The predicted molar refractivity (Wildman–Crippen MR) is 156 cm³/mol. The fourth-order valence-electron chi connectivity index (χ4n) is 7.27. The highest BCUT2D eigenvalue weighted by atomic mass is 35.5. The van der Waals surface area contributed by atoms with Gasteiger partial charge >= 0.3 is 0 Å². The lowest BCUT2D eigenvalue weighted by molar-refractivity contribution is -0.384. The summed E-state index contributed by atoms with van der Waals surface area (Å²) in [6.45, 7) is 0.733. The Kier molecular flexibility index (Phi) is 7.80. The van der Waals surface area contributed by atoms with Gasteiger partial charge in [0.05, 0.1) is 21.9 Å². The summed E-state index contributed by atoms with van der Waals surface area (Å²) in [6.07, 6.45) is 5.08. The van der Waals surface area contributed by atoms with E-state index in [1.807, 2.05) is 0 Å². The summed E-state index contributed by atoms with van der Waals surface area (Å²) in [5.74, 6) is -0.759. The molecule has 2 heterocycles. The SMILES string of the molecule is O=[N+]([O-])c1cc([C@H]2CC[C@H](c3ccc(Cl)c([N+](=O)[O-])c3)N2c2cc(F)c(C3NCC4CCCCC43)c(F)c2)ccc1Cl. The van der Waals surface area contributed by atoms with Gasteiger partial charge in [0, 0.05) is 29.4 Å². The molecule has 1 aliphatic carbocycles. The molecule has 5 atom stereocenters. The van der Waals surface area contributed by atoms with Gasteiger partial charge in [0.25, 0.3) is 11.4 Å². The van der Waals surface area contributed by atoms with Gasteiger partial charge in [-0.05, 0) is 79.5 Å². The van der Waals surface area contributed by atoms with E-state index >= 15 is 8.78 Å². The fourth-order valence-corrected chi connectivity index (χ4v) is 7.64. The molecule has 3 aromatic rings. The summed E-state index contributed by atoms with van der Waals surface area (Å²) in [6, 6.07) is 10.1. The first-order valence-electron chi connectivity index (χ1n) is 14.0. The highest BCUT2D eigenvalue weighted by molar-refractivity contribution is 6.33. The monoisotopic (exact) mass is 616 g/mol. The molecular formula is C30H28Cl2F2N4O4. The van der Waals surface area contributed by atoms with E-state index in [1.165, 1.54) is 36.4 Å². The number of nitro benzene ring substituents is 2. The Labute approximate surface area is 250 Å². The maximum atomic E-state index is 16.0. The molecule has 0 amide bonds. The molecule has 1 N–H and O–H groups in total. The molecule has 12 heteroatoms. The van der Waals surface area contributed by atoms with Crippen molar-refractivity contribution in [1.29, 1.82) is 0 Å². The number of halogens is 4. The molecule has 2 saturated heterocycles. The van der Waals surface area contributed by atoms with Gasteiger partial charge in [-0.15, -0.1) is 0 Å². The first kappa shape index (κ1) is 28.8. The van der Waals surface area contributed by atoms with Crippen LogP contribution in [0, 0.1) is 43.7 Å². The van der Waals surface area contributed by atoms with Crippen LogP contribution < -0.4 is 10.2 Å². The number of fused-ring (bicyclic) bond motifs is 1. The van der Waals surface area contributed by atoms with Crippen molar-refractivity contribution in [2.45, 2.75) is 56.7 Å². The third-order valence-electron chi connectivity index (χ3n) is 9.16. The Morgan fingerprint density at radius 2 is 1.31 bits per heavy atom. The molecule has 42 heavy (non-hydrogen) atoms. The summed E-state index contributed by atoms with van der Waals surface area (Å²) in [4.78, 5) is 23.9. The van der Waals surface area contributed by atoms with Crippen LogP contribution in [-0.4, -0.2) is 16.4 Å². The number of nitro groups is 2. The molecule has 0 aromatic heterocycles. The van der Waals surface area contributed by atoms with Crippen LogP contribution in [0.2, 0.25) is 10.0 Å². The summed E-state index contributed by atoms with van der Waals surface area (Å²) in [5.41, 5.74) is 0.816. The summed E-state index contributed by atoms with van der Waals surface area (Å²) in [5, 5.41) is 26.6. The van der Waals surface area contributed by atoms with Gasteiger partial charge in [-0.1, -0.05) is 48.2 Å². The Balaban J connectivity index is 1.44. The van der Waals surface area contributed by atoms with Crippen LogP contribution in [0.1, 0.15) is 73.3 Å². The van der Waals surface area contributed by atoms with Crippen molar-refractivity contribution in [2.24, 2.45) is 11.8 Å². The van der Waals surface area contributed by atoms with Gasteiger partial charge < -0.3 is 10.2 Å². The number of hydrogen-bond acceptors (Lipinski definition) is 6. The summed E-state index contributed by atoms with van der Waals surface area (Å²) in [7, 11) is 0. The largest absolute Gasteiger partial charge is 0.357 e. The van der Waals surface area contributed by atoms with Crippen LogP contribution in [-0.2, 0) is 0 Å². The topological polar surface area (TPSA) is 102 Å². The zero-order chi connectivity index (χ0) is 29.7. The molecule has 0 bridgehead atoms. The van der Waals surface area contributed by atoms with E-state index in [-0.39, 0.29) is 38.6 Å². The quantitative estimate of drug-likeness (QED) is 0.220. The molecule has 0 spiro atoms. The van der Waals surface area contributed by atoms with Crippen molar-refractivity contribution in [3.05, 3.63) is 107 Å². The number of nitrogens with one attached hydrogen (secondary N) is 1. The number of nitrogens with zero attached hydrogens (tertiary/aromatic N) is 3. The zero-order valence-corrected chi connectivity index (χ0v) is 24.0. The molecule has 1 saturated carbocycles. The lowest BCUT2D eigenvalue weighted by Crippen LogP contribution is -2.27. The minimum atomic E-state index is -0.665. The molecule has 3 fully saturated rings. The van der Waals surface area contributed by atoms with Gasteiger partial charge in [0.2, 0.25) is 0 Å². The number of benzene rings is 3. The number of anilines is 1. The second-order valence-corrected chi connectivity index (χ2v) is 12.2. The average molecular weight is 617 g/mol. The first-order valence-corrected chi connectivity index (χ1v) is 14.8. The Bertz CT molecular complexity index is 1480. The summed E-state index contributed by atoms with van der Waals surface area (Å²) >= 11 is 12.1. The van der Waals surface area contributed by atoms with Crippen LogP contribution in [0.5, 0.6) is 0 Å². The number of rotatable bonds is 6. The van der Waals surface area contributed by atoms with Crippen molar-refractivity contribution >= 4 is 40.3 Å². The molecule has 8 nitrogen and oxygen atoms in total. The van der Waals surface area contributed by atoms with E-state index in [9.17, 15) is 20.2 Å². The van der Waals surface area contributed by atoms with Crippen LogP contribution >= 0.6 is 23.2 Å². The number of hydrogen-bond donors (Lipinski definition) is 1. The molecule has 3 unspecified atom stereocenters. The van der Waals surface area contributed by atoms with Gasteiger partial charge in [-0.2, -0.15) is 0 Å². The molecular weight excluding hydrogens is 589 g/mol. The average Bonchev–Trinajstić information content (AvgIpc) is 3.58. The highest BCUT2D eigenvalue weighted by Crippen LogP contribution is 2.50. The standard InChI is InChI=1S/C30H28Cl2F2N4O4/c31-21-7-5-16(11-27(21)37(39)40)25-9-10-26(17-6-8-22(32)28(12-17)38(41)42)36(25)19-13-23(33)29(24(34)14-19)30-20-4-2-1-3-18(20)15-35-30/h5-8,11-14,18,20,25-26,30,35H,1-4,9-10,15H2/t18?,20?,25-,26-,30?/m1/s1. The minimum absolute atomic E-state index is 0.0234. The van der Waals surface area contributed by atoms with Gasteiger partial charge in [0.15, 0.2) is 0 Å². The smallest absolute Gasteiger partial charge is 0.288 e. The van der Waals surface area contributed by atoms with Crippen molar-refractivity contribution in [2.75, 3.05) is 11.4 Å². The predicted octanol–water partition coefficient (Wildman–Crippen LogP) is 8.62. The highest BCUT2D eigenvalue weighted by Gasteiger charge is 2.42. The first-order chi connectivity index (χ1) is 20.1. The van der Waals surface area contributed by atoms with E-state index in [0.29, 0.717) is 29.9 Å². The van der Waals surface area contributed by atoms with E-state index in [4.69, 9.17) is 23.2 Å². The van der Waals surface area contributed by atoms with E-state index < -0.39 is 39.6 Å². The van der Waals surface area contributed by atoms with Crippen molar-refractivity contribution in [3.8, 4) is 0 Å². The van der Waals surface area contributed by atoms with Crippen LogP contribution in [0.25, 0.3) is 0 Å². The van der Waals surface area contributed by atoms with Crippen molar-refractivity contribution < 1.29 is 18.6 Å². The fraction of sp³-hybridized carbons (Fsp3) is 0.400. The second kappa shape index (κ2) is 11.4. The maximum Gasteiger partial charge on any atom is 0.288 e. The Morgan fingerprint density at radius 3 is 1.83 bits per heavy atom. The molecule has 3 aliphatic rings.